The molecule has 8 aromatic rings. The number of rotatable bonds is 4. The zero-order valence-electron chi connectivity index (χ0n) is 21.3. The first-order chi connectivity index (χ1) is 19.5. The molecule has 2 unspecified atom stereocenters. The molecular weight excluding hydrogens is 496 g/mol. The first-order valence-corrected chi connectivity index (χ1v) is 13.3. The number of aromatic hydroxyl groups is 2. The van der Waals surface area contributed by atoms with E-state index in [-0.39, 0.29) is 11.5 Å². The second kappa shape index (κ2) is 8.30. The molecule has 0 heterocycles. The van der Waals surface area contributed by atoms with E-state index in [0.717, 1.165) is 75.8 Å². The standard InChI is InChI=1S/C36H24O4/c37-25-15-21-3-1-19-5-9-27(29-11-7-23(17-25)33(21)35(19)29)31(39)13-14-32(40)28-10-6-20-2-4-22-16-26(38)18-24-8-12-30(28)36(20)34(22)24/h1-18,31-32,37-40H/b14-13+. The molecule has 2 atom stereocenters. The van der Waals surface area contributed by atoms with Gasteiger partial charge in [-0.2, -0.15) is 0 Å². The number of hydrogen-bond donors (Lipinski definition) is 4. The third-order valence-electron chi connectivity index (χ3n) is 8.35. The van der Waals surface area contributed by atoms with Crippen LogP contribution in [0.5, 0.6) is 11.5 Å². The van der Waals surface area contributed by atoms with E-state index in [4.69, 9.17) is 0 Å². The molecule has 0 saturated carbocycles. The van der Waals surface area contributed by atoms with E-state index in [1.165, 1.54) is 0 Å². The Labute approximate surface area is 228 Å². The minimum absolute atomic E-state index is 0.230. The Hall–Kier alpha value is -4.90. The van der Waals surface area contributed by atoms with Gasteiger partial charge in [0.15, 0.2) is 0 Å². The molecule has 0 amide bonds. The monoisotopic (exact) mass is 520 g/mol. The molecule has 0 fully saturated rings. The zero-order valence-corrected chi connectivity index (χ0v) is 21.3. The molecule has 4 heteroatoms. The minimum Gasteiger partial charge on any atom is -0.508 e. The van der Waals surface area contributed by atoms with Crippen LogP contribution in [0.15, 0.2) is 109 Å². The largest absolute Gasteiger partial charge is 0.508 e. The minimum atomic E-state index is -0.921. The summed E-state index contributed by atoms with van der Waals surface area (Å²) >= 11 is 0. The normalized spacial score (nSPS) is 14.2. The Morgan fingerprint density at radius 3 is 1.12 bits per heavy atom. The Balaban J connectivity index is 1.21. The van der Waals surface area contributed by atoms with Crippen molar-refractivity contribution in [3.63, 3.8) is 0 Å². The van der Waals surface area contributed by atoms with Crippen molar-refractivity contribution in [1.29, 1.82) is 0 Å². The van der Waals surface area contributed by atoms with Gasteiger partial charge in [-0.15, -0.1) is 0 Å². The average molecular weight is 521 g/mol. The molecule has 40 heavy (non-hydrogen) atoms. The van der Waals surface area contributed by atoms with Gasteiger partial charge in [0, 0.05) is 0 Å². The molecule has 0 spiro atoms. The van der Waals surface area contributed by atoms with Crippen molar-refractivity contribution in [1.82, 2.24) is 0 Å². The number of phenolic OH excluding ortho intramolecular Hbond substituents is 2. The van der Waals surface area contributed by atoms with Crippen LogP contribution < -0.4 is 0 Å². The highest BCUT2D eigenvalue weighted by molar-refractivity contribution is 6.25. The van der Waals surface area contributed by atoms with Crippen molar-refractivity contribution in [2.45, 2.75) is 12.2 Å². The first-order valence-electron chi connectivity index (χ1n) is 13.3. The SMILES string of the molecule is Oc1cc2ccc3ccc(C(O)/C=C/C(O)c4ccc5ccc6cc(O)cc7ccc4c5c67)c4ccc(c1)c2c34. The summed E-state index contributed by atoms with van der Waals surface area (Å²) in [6.07, 6.45) is 1.46. The summed E-state index contributed by atoms with van der Waals surface area (Å²) in [6.45, 7) is 0. The summed E-state index contributed by atoms with van der Waals surface area (Å²) < 4.78 is 0. The summed E-state index contributed by atoms with van der Waals surface area (Å²) in [4.78, 5) is 0. The predicted molar refractivity (Wildman–Crippen MR) is 163 cm³/mol. The molecule has 0 aromatic heterocycles. The van der Waals surface area contributed by atoms with Gasteiger partial charge in [-0.25, -0.2) is 0 Å². The fourth-order valence-corrected chi connectivity index (χ4v) is 6.58. The maximum absolute atomic E-state index is 11.3. The lowest BCUT2D eigenvalue weighted by Crippen LogP contribution is -1.99. The molecule has 0 saturated heterocycles. The Morgan fingerprint density at radius 2 is 0.725 bits per heavy atom. The molecule has 0 bridgehead atoms. The van der Waals surface area contributed by atoms with Crippen molar-refractivity contribution >= 4 is 64.6 Å². The fraction of sp³-hybridized carbons (Fsp3) is 0.0556. The maximum atomic E-state index is 11.3. The number of hydrogen-bond acceptors (Lipinski definition) is 4. The number of aliphatic hydroxyl groups excluding tert-OH is 2. The van der Waals surface area contributed by atoms with Crippen LogP contribution in [0.2, 0.25) is 0 Å². The Bertz CT molecular complexity index is 2080. The highest BCUT2D eigenvalue weighted by Gasteiger charge is 2.17. The lowest BCUT2D eigenvalue weighted by atomic mass is 9.89. The first kappa shape index (κ1) is 23.0. The van der Waals surface area contributed by atoms with Gasteiger partial charge in [0.2, 0.25) is 0 Å². The van der Waals surface area contributed by atoms with Gasteiger partial charge in [-0.1, -0.05) is 84.9 Å². The Kier molecular flexibility index (Phi) is 4.78. The van der Waals surface area contributed by atoms with E-state index in [9.17, 15) is 20.4 Å². The van der Waals surface area contributed by atoms with Gasteiger partial charge >= 0.3 is 0 Å². The fourth-order valence-electron chi connectivity index (χ4n) is 6.58. The summed E-state index contributed by atoms with van der Waals surface area (Å²) in [5, 5.41) is 54.9. The summed E-state index contributed by atoms with van der Waals surface area (Å²) in [6, 6.07) is 31.0. The molecule has 0 radical (unpaired) electrons. The quantitative estimate of drug-likeness (QED) is 0.139. The van der Waals surface area contributed by atoms with Crippen LogP contribution in [0, 0.1) is 0 Å². The van der Waals surface area contributed by atoms with Crippen LogP contribution in [0.3, 0.4) is 0 Å². The van der Waals surface area contributed by atoms with E-state index in [2.05, 4.69) is 0 Å². The second-order valence-electron chi connectivity index (χ2n) is 10.7. The van der Waals surface area contributed by atoms with E-state index in [1.807, 2.05) is 72.8 Å². The highest BCUT2D eigenvalue weighted by Crippen LogP contribution is 2.41. The number of aliphatic hydroxyl groups is 2. The van der Waals surface area contributed by atoms with E-state index < -0.39 is 12.2 Å². The van der Waals surface area contributed by atoms with E-state index >= 15 is 0 Å². The van der Waals surface area contributed by atoms with Crippen molar-refractivity contribution in [2.24, 2.45) is 0 Å². The molecule has 0 aliphatic rings. The summed E-state index contributed by atoms with van der Waals surface area (Å²) in [5.74, 6) is 0.459. The van der Waals surface area contributed by atoms with Crippen LogP contribution in [0.25, 0.3) is 64.6 Å². The van der Waals surface area contributed by atoms with Crippen LogP contribution in [-0.4, -0.2) is 20.4 Å². The molecule has 8 aromatic carbocycles. The lowest BCUT2D eigenvalue weighted by molar-refractivity contribution is 0.213. The van der Waals surface area contributed by atoms with Gasteiger partial charge in [-0.05, 0) is 100 Å². The second-order valence-corrected chi connectivity index (χ2v) is 10.7. The smallest absolute Gasteiger partial charge is 0.116 e. The molecule has 8 rings (SSSR count). The molecule has 4 N–H and O–H groups in total. The van der Waals surface area contributed by atoms with Crippen molar-refractivity contribution < 1.29 is 20.4 Å². The molecule has 192 valence electrons. The zero-order chi connectivity index (χ0) is 27.1. The predicted octanol–water partition coefficient (Wildman–Crippen LogP) is 8.22. The van der Waals surface area contributed by atoms with Crippen LogP contribution in [0.1, 0.15) is 23.3 Å². The number of phenols is 2. The van der Waals surface area contributed by atoms with Crippen molar-refractivity contribution in [2.75, 3.05) is 0 Å². The third-order valence-corrected chi connectivity index (χ3v) is 8.35. The van der Waals surface area contributed by atoms with Gasteiger partial charge in [0.1, 0.15) is 11.5 Å². The average Bonchev–Trinajstić information content (AvgIpc) is 2.96. The molecule has 0 aliphatic heterocycles. The van der Waals surface area contributed by atoms with Gasteiger partial charge in [0.05, 0.1) is 12.2 Å². The Morgan fingerprint density at radius 1 is 0.400 bits per heavy atom. The van der Waals surface area contributed by atoms with E-state index in [0.29, 0.717) is 0 Å². The van der Waals surface area contributed by atoms with Crippen LogP contribution in [-0.2, 0) is 0 Å². The maximum Gasteiger partial charge on any atom is 0.116 e. The number of benzene rings is 8. The summed E-state index contributed by atoms with van der Waals surface area (Å²) in [7, 11) is 0. The highest BCUT2D eigenvalue weighted by atomic mass is 16.3. The molecule has 0 aliphatic carbocycles. The lowest BCUT2D eigenvalue weighted by Gasteiger charge is -2.17. The van der Waals surface area contributed by atoms with Crippen molar-refractivity contribution in [3.05, 3.63) is 120 Å². The van der Waals surface area contributed by atoms with Gasteiger partial charge in [0.25, 0.3) is 0 Å². The molecular formula is C36H24O4. The van der Waals surface area contributed by atoms with E-state index in [1.54, 1.807) is 36.4 Å². The third kappa shape index (κ3) is 3.27. The molecule has 4 nitrogen and oxygen atoms in total. The van der Waals surface area contributed by atoms with Gasteiger partial charge in [-0.3, -0.25) is 0 Å². The van der Waals surface area contributed by atoms with Crippen LogP contribution >= 0.6 is 0 Å². The topological polar surface area (TPSA) is 80.9 Å². The van der Waals surface area contributed by atoms with Gasteiger partial charge < -0.3 is 20.4 Å². The van der Waals surface area contributed by atoms with Crippen molar-refractivity contribution in [3.8, 4) is 11.5 Å². The van der Waals surface area contributed by atoms with Crippen LogP contribution in [0.4, 0.5) is 0 Å². The summed E-state index contributed by atoms with van der Waals surface area (Å²) in [5.41, 5.74) is 1.52.